The van der Waals surface area contributed by atoms with Crippen LogP contribution in [0.5, 0.6) is 5.75 Å². The van der Waals surface area contributed by atoms with Gasteiger partial charge in [0.2, 0.25) is 4.80 Å². The number of rotatable bonds is 5. The molecule has 1 aromatic carbocycles. The first-order valence-corrected chi connectivity index (χ1v) is 12.4. The Morgan fingerprint density at radius 2 is 1.94 bits per heavy atom. The first-order valence-electron chi connectivity index (χ1n) is 11.6. The van der Waals surface area contributed by atoms with Crippen molar-refractivity contribution in [3.8, 4) is 5.75 Å². The Morgan fingerprint density at radius 1 is 1.23 bits per heavy atom. The highest BCUT2D eigenvalue weighted by atomic mass is 32.1. The molecule has 3 rings (SSSR count). The number of nitrogens with zero attached hydrogens (tertiary/aromatic N) is 3. The van der Waals surface area contributed by atoms with Gasteiger partial charge in [-0.3, -0.25) is 4.79 Å². The lowest BCUT2D eigenvalue weighted by Crippen LogP contribution is -2.38. The van der Waals surface area contributed by atoms with Crippen LogP contribution in [-0.2, 0) is 22.9 Å². The summed E-state index contributed by atoms with van der Waals surface area (Å²) in [5.41, 5.74) is 0.702. The molecule has 1 aliphatic rings. The molecule has 2 heterocycles. The molecule has 1 fully saturated rings. The monoisotopic (exact) mass is 514 g/mol. The number of amides is 1. The van der Waals surface area contributed by atoms with Gasteiger partial charge in [0.15, 0.2) is 5.75 Å². The fourth-order valence-corrected chi connectivity index (χ4v) is 4.24. The van der Waals surface area contributed by atoms with E-state index in [1.807, 2.05) is 41.5 Å². The van der Waals surface area contributed by atoms with Crippen molar-refractivity contribution in [2.75, 3.05) is 6.61 Å². The zero-order valence-electron chi connectivity index (χ0n) is 21.0. The first kappa shape index (κ1) is 27.3. The molecule has 2 aromatic rings. The zero-order chi connectivity index (χ0) is 26.0. The third-order valence-electron chi connectivity index (χ3n) is 5.11. The van der Waals surface area contributed by atoms with Crippen molar-refractivity contribution in [2.45, 2.75) is 90.6 Å². The molecule has 1 aromatic heterocycles. The number of carbonyl (C=O) groups excluding carboxylic acids is 1. The first-order chi connectivity index (χ1) is 16.1. The SMILES string of the molecule is CC(C)(C)NOc1ccc(C(F)(F)F)cc1C(=O)/N=c1\sc(C(C)(C)C)nn1CC1CCCCO1. The van der Waals surface area contributed by atoms with Crippen LogP contribution in [0.25, 0.3) is 0 Å². The summed E-state index contributed by atoms with van der Waals surface area (Å²) in [6, 6.07) is 2.77. The van der Waals surface area contributed by atoms with E-state index in [-0.39, 0.29) is 22.8 Å². The van der Waals surface area contributed by atoms with Gasteiger partial charge in [0.1, 0.15) is 5.01 Å². The van der Waals surface area contributed by atoms with Gasteiger partial charge in [0.25, 0.3) is 5.91 Å². The highest BCUT2D eigenvalue weighted by Crippen LogP contribution is 2.33. The fraction of sp³-hybridized carbons (Fsp3) is 0.625. The minimum Gasteiger partial charge on any atom is -0.407 e. The summed E-state index contributed by atoms with van der Waals surface area (Å²) in [6.45, 7) is 12.5. The summed E-state index contributed by atoms with van der Waals surface area (Å²) in [5, 5.41) is 5.41. The maximum absolute atomic E-state index is 13.4. The average Bonchev–Trinajstić information content (AvgIpc) is 3.14. The Hall–Kier alpha value is -2.24. The van der Waals surface area contributed by atoms with Gasteiger partial charge in [0, 0.05) is 17.6 Å². The summed E-state index contributed by atoms with van der Waals surface area (Å²) in [5.74, 6) is -0.881. The van der Waals surface area contributed by atoms with Gasteiger partial charge < -0.3 is 9.57 Å². The van der Waals surface area contributed by atoms with Crippen LogP contribution in [0.15, 0.2) is 23.2 Å². The molecule has 1 amide bonds. The van der Waals surface area contributed by atoms with Gasteiger partial charge in [-0.2, -0.15) is 28.7 Å². The van der Waals surface area contributed by atoms with Crippen LogP contribution < -0.4 is 15.1 Å². The van der Waals surface area contributed by atoms with Crippen molar-refractivity contribution in [3.05, 3.63) is 39.1 Å². The maximum atomic E-state index is 13.4. The second-order valence-corrected chi connectivity index (χ2v) is 11.6. The van der Waals surface area contributed by atoms with Crippen molar-refractivity contribution in [2.24, 2.45) is 4.99 Å². The Balaban J connectivity index is 2.04. The van der Waals surface area contributed by atoms with E-state index in [9.17, 15) is 18.0 Å². The number of hydrogen-bond donors (Lipinski definition) is 1. The van der Waals surface area contributed by atoms with Crippen molar-refractivity contribution in [1.82, 2.24) is 15.3 Å². The molecule has 1 saturated heterocycles. The highest BCUT2D eigenvalue weighted by Gasteiger charge is 2.32. The smallest absolute Gasteiger partial charge is 0.407 e. The van der Waals surface area contributed by atoms with Crippen LogP contribution in [0.2, 0.25) is 0 Å². The number of ether oxygens (including phenoxy) is 1. The second-order valence-electron chi connectivity index (χ2n) is 10.7. The lowest BCUT2D eigenvalue weighted by Gasteiger charge is -2.22. The fourth-order valence-electron chi connectivity index (χ4n) is 3.28. The number of aromatic nitrogens is 2. The molecule has 194 valence electrons. The predicted molar refractivity (Wildman–Crippen MR) is 127 cm³/mol. The second kappa shape index (κ2) is 10.4. The minimum atomic E-state index is -4.62. The van der Waals surface area contributed by atoms with Crippen LogP contribution in [0.4, 0.5) is 13.2 Å². The third-order valence-corrected chi connectivity index (χ3v) is 6.49. The molecule has 0 aliphatic carbocycles. The topological polar surface area (TPSA) is 77.7 Å². The number of alkyl halides is 3. The normalized spacial score (nSPS) is 18.1. The van der Waals surface area contributed by atoms with Gasteiger partial charge in [-0.05, 0) is 58.2 Å². The number of nitrogens with one attached hydrogen (secondary N) is 1. The van der Waals surface area contributed by atoms with Crippen molar-refractivity contribution in [3.63, 3.8) is 0 Å². The molecule has 7 nitrogen and oxygen atoms in total. The molecule has 11 heteroatoms. The zero-order valence-corrected chi connectivity index (χ0v) is 21.8. The number of benzene rings is 1. The molecule has 0 saturated carbocycles. The average molecular weight is 515 g/mol. The minimum absolute atomic E-state index is 0.0376. The molecule has 1 atom stereocenters. The van der Waals surface area contributed by atoms with E-state index in [0.29, 0.717) is 18.0 Å². The van der Waals surface area contributed by atoms with Gasteiger partial charge in [-0.15, -0.1) is 0 Å². The molecule has 35 heavy (non-hydrogen) atoms. The predicted octanol–water partition coefficient (Wildman–Crippen LogP) is 5.25. The van der Waals surface area contributed by atoms with Gasteiger partial charge in [-0.25, -0.2) is 4.68 Å². The van der Waals surface area contributed by atoms with E-state index in [2.05, 4.69) is 15.6 Å². The molecular weight excluding hydrogens is 481 g/mol. The van der Waals surface area contributed by atoms with Crippen molar-refractivity contribution in [1.29, 1.82) is 0 Å². The van der Waals surface area contributed by atoms with E-state index in [1.54, 1.807) is 4.68 Å². The number of hydrogen-bond acceptors (Lipinski definition) is 6. The molecule has 0 spiro atoms. The van der Waals surface area contributed by atoms with Crippen molar-refractivity contribution >= 4 is 17.2 Å². The Morgan fingerprint density at radius 3 is 2.51 bits per heavy atom. The molecule has 1 unspecified atom stereocenters. The number of carbonyl (C=O) groups is 1. The van der Waals surface area contributed by atoms with Crippen LogP contribution in [-0.4, -0.2) is 33.9 Å². The van der Waals surface area contributed by atoms with E-state index in [1.165, 1.54) is 11.3 Å². The molecule has 1 aliphatic heterocycles. The van der Waals surface area contributed by atoms with Crippen LogP contribution in [0, 0.1) is 0 Å². The van der Waals surface area contributed by atoms with Gasteiger partial charge >= 0.3 is 6.18 Å². The molecule has 0 bridgehead atoms. The van der Waals surface area contributed by atoms with Gasteiger partial charge in [0.05, 0.1) is 23.8 Å². The van der Waals surface area contributed by atoms with E-state index in [4.69, 9.17) is 9.57 Å². The van der Waals surface area contributed by atoms with E-state index >= 15 is 0 Å². The van der Waals surface area contributed by atoms with Crippen molar-refractivity contribution < 1.29 is 27.5 Å². The summed E-state index contributed by atoms with van der Waals surface area (Å²) in [7, 11) is 0. The van der Waals surface area contributed by atoms with Crippen LogP contribution in [0.1, 0.15) is 81.7 Å². The largest absolute Gasteiger partial charge is 0.416 e. The number of hydroxylamine groups is 1. The summed E-state index contributed by atoms with van der Waals surface area (Å²) < 4.78 is 47.6. The molecule has 0 radical (unpaired) electrons. The molecule has 1 N–H and O–H groups in total. The standard InChI is InChI=1S/C24H33F3N4O3S/c1-22(2,3)20-29-31(14-16-9-7-8-12-33-16)21(35-20)28-19(32)17-13-15(24(25,26)27)10-11-18(17)34-30-23(4,5)6/h10-11,13,16,30H,7-9,12,14H2,1-6H3/b28-21-. The summed E-state index contributed by atoms with van der Waals surface area (Å²) >= 11 is 1.24. The van der Waals surface area contributed by atoms with Crippen LogP contribution >= 0.6 is 11.3 Å². The lowest BCUT2D eigenvalue weighted by molar-refractivity contribution is -0.137. The van der Waals surface area contributed by atoms with E-state index in [0.717, 1.165) is 42.5 Å². The third kappa shape index (κ3) is 7.62. The number of halogens is 3. The maximum Gasteiger partial charge on any atom is 0.416 e. The lowest BCUT2D eigenvalue weighted by atomic mass is 9.98. The van der Waals surface area contributed by atoms with Crippen LogP contribution in [0.3, 0.4) is 0 Å². The van der Waals surface area contributed by atoms with Gasteiger partial charge in [-0.1, -0.05) is 32.1 Å². The Kier molecular flexibility index (Phi) is 8.12. The highest BCUT2D eigenvalue weighted by molar-refractivity contribution is 7.09. The van der Waals surface area contributed by atoms with E-state index < -0.39 is 23.2 Å². The summed E-state index contributed by atoms with van der Waals surface area (Å²) in [4.78, 5) is 23.2. The quantitative estimate of drug-likeness (QED) is 0.552. The Labute approximate surface area is 207 Å². The summed E-state index contributed by atoms with van der Waals surface area (Å²) in [6.07, 6.45) is -1.77. The molecular formula is C24H33F3N4O3S. The Bertz CT molecular complexity index is 1100.